The Morgan fingerprint density at radius 2 is 2.16 bits per heavy atom. The lowest BCUT2D eigenvalue weighted by atomic mass is 9.94. The molecule has 1 aromatic carbocycles. The second kappa shape index (κ2) is 6.08. The van der Waals surface area contributed by atoms with Crippen LogP contribution in [0.3, 0.4) is 0 Å². The summed E-state index contributed by atoms with van der Waals surface area (Å²) in [6, 6.07) is 9.84. The third-order valence-electron chi connectivity index (χ3n) is 4.47. The van der Waals surface area contributed by atoms with E-state index in [1.807, 2.05) is 31.2 Å². The highest BCUT2D eigenvalue weighted by molar-refractivity contribution is 5.94. The van der Waals surface area contributed by atoms with Crippen LogP contribution in [0.4, 0.5) is 0 Å². The van der Waals surface area contributed by atoms with Crippen molar-refractivity contribution in [3.05, 3.63) is 53.0 Å². The number of rotatable bonds is 3. The van der Waals surface area contributed by atoms with Crippen molar-refractivity contribution in [3.8, 4) is 17.3 Å². The molecule has 1 amide bonds. The Labute approximate surface area is 144 Å². The lowest BCUT2D eigenvalue weighted by Crippen LogP contribution is -2.26. The fourth-order valence-corrected chi connectivity index (χ4v) is 3.15. The molecule has 0 unspecified atom stereocenters. The molecule has 0 fully saturated rings. The molecule has 2 aromatic heterocycles. The van der Waals surface area contributed by atoms with Gasteiger partial charge in [-0.3, -0.25) is 9.89 Å². The molecule has 0 spiro atoms. The molecule has 1 aliphatic rings. The number of hydrogen-bond acceptors (Lipinski definition) is 4. The first-order chi connectivity index (χ1) is 12.1. The Bertz CT molecular complexity index is 927. The lowest BCUT2D eigenvalue weighted by Gasteiger charge is -2.15. The van der Waals surface area contributed by atoms with E-state index >= 15 is 0 Å². The highest BCUT2D eigenvalue weighted by Crippen LogP contribution is 2.28. The molecular weight excluding hydrogens is 318 g/mol. The monoisotopic (exact) mass is 337 g/mol. The molecule has 1 aliphatic heterocycles. The van der Waals surface area contributed by atoms with Crippen molar-refractivity contribution in [2.75, 3.05) is 13.7 Å². The molecular formula is C18H19N5O2. The van der Waals surface area contributed by atoms with Crippen molar-refractivity contribution in [3.63, 3.8) is 0 Å². The molecule has 0 bridgehead atoms. The van der Waals surface area contributed by atoms with Gasteiger partial charge in [-0.25, -0.2) is 4.98 Å². The number of amides is 1. The second-order valence-corrected chi connectivity index (χ2v) is 6.24. The summed E-state index contributed by atoms with van der Waals surface area (Å²) in [7, 11) is 1.65. The maximum absolute atomic E-state index is 12.4. The van der Waals surface area contributed by atoms with E-state index in [1.165, 1.54) is 0 Å². The fourth-order valence-electron chi connectivity index (χ4n) is 3.15. The molecule has 0 saturated carbocycles. The van der Waals surface area contributed by atoms with E-state index < -0.39 is 0 Å². The zero-order valence-electron chi connectivity index (χ0n) is 14.1. The number of nitrogens with zero attached hydrogens (tertiary/aromatic N) is 2. The van der Waals surface area contributed by atoms with E-state index in [1.54, 1.807) is 7.11 Å². The number of nitrogens with one attached hydrogen (secondary N) is 3. The van der Waals surface area contributed by atoms with E-state index in [2.05, 4.69) is 31.5 Å². The first-order valence-corrected chi connectivity index (χ1v) is 8.17. The second-order valence-electron chi connectivity index (χ2n) is 6.24. The van der Waals surface area contributed by atoms with E-state index in [9.17, 15) is 4.79 Å². The standard InChI is InChI=1S/C18H19N5O2/c1-10-6-15(23-22-10)17-20-14-8-12(9-19-18(24)16(14)21-17)11-4-3-5-13(7-11)25-2/h3-7,12H,8-9H2,1-2H3,(H,19,24)(H,20,21)(H,22,23)/t12-/m1/s1. The van der Waals surface area contributed by atoms with Gasteiger partial charge in [-0.05, 0) is 37.1 Å². The number of carbonyl (C=O) groups is 1. The van der Waals surface area contributed by atoms with Gasteiger partial charge in [0.15, 0.2) is 5.82 Å². The predicted octanol–water partition coefficient (Wildman–Crippen LogP) is 2.19. The summed E-state index contributed by atoms with van der Waals surface area (Å²) in [5, 5.41) is 10.1. The molecule has 0 radical (unpaired) electrons. The highest BCUT2D eigenvalue weighted by Gasteiger charge is 2.27. The third kappa shape index (κ3) is 2.88. The molecule has 7 heteroatoms. The highest BCUT2D eigenvalue weighted by atomic mass is 16.5. The maximum atomic E-state index is 12.4. The topological polar surface area (TPSA) is 95.7 Å². The normalized spacial score (nSPS) is 16.9. The number of benzene rings is 1. The first kappa shape index (κ1) is 15.4. The maximum Gasteiger partial charge on any atom is 0.271 e. The van der Waals surface area contributed by atoms with E-state index in [-0.39, 0.29) is 11.8 Å². The first-order valence-electron chi connectivity index (χ1n) is 8.17. The Kier molecular flexibility index (Phi) is 3.76. The van der Waals surface area contributed by atoms with Gasteiger partial charge in [-0.2, -0.15) is 5.10 Å². The van der Waals surface area contributed by atoms with E-state index in [0.29, 0.717) is 30.2 Å². The molecule has 128 valence electrons. The van der Waals surface area contributed by atoms with Gasteiger partial charge in [0.25, 0.3) is 5.91 Å². The molecule has 1 atom stereocenters. The van der Waals surface area contributed by atoms with Crippen LogP contribution in [0.5, 0.6) is 5.75 Å². The number of aromatic amines is 2. The lowest BCUT2D eigenvalue weighted by molar-refractivity contribution is 0.0950. The van der Waals surface area contributed by atoms with Crippen LogP contribution in [0.2, 0.25) is 0 Å². The number of H-pyrrole nitrogens is 2. The summed E-state index contributed by atoms with van der Waals surface area (Å²) in [6.07, 6.45) is 0.692. The Hall–Kier alpha value is -3.09. The number of methoxy groups -OCH3 is 1. The summed E-state index contributed by atoms with van der Waals surface area (Å²) in [4.78, 5) is 20.1. The Morgan fingerprint density at radius 3 is 2.92 bits per heavy atom. The number of imidazole rings is 1. The Balaban J connectivity index is 1.68. The summed E-state index contributed by atoms with van der Waals surface area (Å²) in [6.45, 7) is 2.49. The zero-order chi connectivity index (χ0) is 17.4. The summed E-state index contributed by atoms with van der Waals surface area (Å²) < 4.78 is 5.31. The fraction of sp³-hybridized carbons (Fsp3) is 0.278. The predicted molar refractivity (Wildman–Crippen MR) is 92.7 cm³/mol. The van der Waals surface area contributed by atoms with Gasteiger partial charge in [0.05, 0.1) is 7.11 Å². The summed E-state index contributed by atoms with van der Waals surface area (Å²) >= 11 is 0. The molecule has 3 N–H and O–H groups in total. The number of carbonyl (C=O) groups excluding carboxylic acids is 1. The molecule has 3 heterocycles. The van der Waals surface area contributed by atoms with Crippen LogP contribution < -0.4 is 10.1 Å². The average Bonchev–Trinajstić information content (AvgIpc) is 3.21. The number of fused-ring (bicyclic) bond motifs is 1. The van der Waals surface area contributed by atoms with Crippen LogP contribution in [0.1, 0.15) is 33.4 Å². The van der Waals surface area contributed by atoms with E-state index in [4.69, 9.17) is 4.74 Å². The van der Waals surface area contributed by atoms with Gasteiger partial charge in [0.2, 0.25) is 0 Å². The third-order valence-corrected chi connectivity index (χ3v) is 4.47. The van der Waals surface area contributed by atoms with E-state index in [0.717, 1.165) is 22.7 Å². The van der Waals surface area contributed by atoms with Crippen molar-refractivity contribution >= 4 is 5.91 Å². The SMILES string of the molecule is COc1cccc([C@H]2CNC(=O)c3nc(-c4cc(C)[nH]n4)[nH]c3C2)c1. The van der Waals surface area contributed by atoms with Gasteiger partial charge in [0, 0.05) is 23.9 Å². The molecule has 7 nitrogen and oxygen atoms in total. The number of aryl methyl sites for hydroxylation is 1. The molecule has 0 saturated heterocycles. The Morgan fingerprint density at radius 1 is 1.28 bits per heavy atom. The van der Waals surface area contributed by atoms with Crippen LogP contribution in [0.15, 0.2) is 30.3 Å². The summed E-state index contributed by atoms with van der Waals surface area (Å²) in [5.41, 5.74) is 4.05. The molecule has 0 aliphatic carbocycles. The van der Waals surface area contributed by atoms with Gasteiger partial charge in [0.1, 0.15) is 17.1 Å². The minimum Gasteiger partial charge on any atom is -0.497 e. The number of hydrogen-bond donors (Lipinski definition) is 3. The number of ether oxygens (including phenoxy) is 1. The average molecular weight is 337 g/mol. The van der Waals surface area contributed by atoms with Crippen molar-refractivity contribution in [2.24, 2.45) is 0 Å². The van der Waals surface area contributed by atoms with Crippen LogP contribution in [0, 0.1) is 6.92 Å². The number of aromatic nitrogens is 4. The van der Waals surface area contributed by atoms with Crippen LogP contribution in [0.25, 0.3) is 11.5 Å². The van der Waals surface area contributed by atoms with Crippen LogP contribution in [-0.4, -0.2) is 39.7 Å². The van der Waals surface area contributed by atoms with Crippen LogP contribution in [-0.2, 0) is 6.42 Å². The van der Waals surface area contributed by atoms with Crippen molar-refractivity contribution in [2.45, 2.75) is 19.3 Å². The van der Waals surface area contributed by atoms with Crippen molar-refractivity contribution in [1.29, 1.82) is 0 Å². The van der Waals surface area contributed by atoms with Crippen molar-refractivity contribution in [1.82, 2.24) is 25.5 Å². The molecule has 4 rings (SSSR count). The van der Waals surface area contributed by atoms with Gasteiger partial charge in [-0.15, -0.1) is 0 Å². The quantitative estimate of drug-likeness (QED) is 0.682. The largest absolute Gasteiger partial charge is 0.497 e. The van der Waals surface area contributed by atoms with Gasteiger partial charge < -0.3 is 15.0 Å². The molecule has 25 heavy (non-hydrogen) atoms. The summed E-state index contributed by atoms with van der Waals surface area (Å²) in [5.74, 6) is 1.41. The van der Waals surface area contributed by atoms with Gasteiger partial charge in [-0.1, -0.05) is 12.1 Å². The van der Waals surface area contributed by atoms with Gasteiger partial charge >= 0.3 is 0 Å². The van der Waals surface area contributed by atoms with Crippen LogP contribution >= 0.6 is 0 Å². The minimum atomic E-state index is -0.157. The van der Waals surface area contributed by atoms with Crippen molar-refractivity contribution < 1.29 is 9.53 Å². The smallest absolute Gasteiger partial charge is 0.271 e. The molecule has 3 aromatic rings. The minimum absolute atomic E-state index is 0.148. The zero-order valence-corrected chi connectivity index (χ0v) is 14.1.